The number of aryl methyl sites for hydroxylation is 1. The highest BCUT2D eigenvalue weighted by Gasteiger charge is 2.15. The number of carbonyl (C=O) groups excluding carboxylic acids is 1. The monoisotopic (exact) mass is 380 g/mol. The first-order chi connectivity index (χ1) is 13.1. The Bertz CT molecular complexity index is 1100. The minimum Gasteiger partial charge on any atom is -0.497 e. The van der Waals surface area contributed by atoms with Crippen LogP contribution in [0.1, 0.15) is 5.69 Å². The largest absolute Gasteiger partial charge is 0.497 e. The van der Waals surface area contributed by atoms with Crippen molar-refractivity contribution in [2.24, 2.45) is 0 Å². The third-order valence-electron chi connectivity index (χ3n) is 3.78. The van der Waals surface area contributed by atoms with Gasteiger partial charge in [0.2, 0.25) is 5.13 Å². The van der Waals surface area contributed by atoms with E-state index < -0.39 is 6.09 Å². The molecule has 0 spiro atoms. The highest BCUT2D eigenvalue weighted by Crippen LogP contribution is 2.30. The molecule has 7 nitrogen and oxygen atoms in total. The molecule has 1 N–H and O–H groups in total. The molecule has 8 heteroatoms. The van der Waals surface area contributed by atoms with Gasteiger partial charge in [0.1, 0.15) is 17.3 Å². The number of anilines is 1. The molecule has 0 fully saturated rings. The number of ether oxygens (including phenoxy) is 2. The highest BCUT2D eigenvalue weighted by molar-refractivity contribution is 7.20. The molecule has 2 aromatic heterocycles. The van der Waals surface area contributed by atoms with Gasteiger partial charge in [0, 0.05) is 6.07 Å². The van der Waals surface area contributed by atoms with Gasteiger partial charge in [0.25, 0.3) is 0 Å². The normalized spacial score (nSPS) is 10.7. The van der Waals surface area contributed by atoms with E-state index in [1.54, 1.807) is 42.1 Å². The second kappa shape index (κ2) is 7.08. The summed E-state index contributed by atoms with van der Waals surface area (Å²) in [6.45, 7) is 1.85. The van der Waals surface area contributed by atoms with E-state index in [2.05, 4.69) is 15.4 Å². The number of methoxy groups -OCH3 is 1. The zero-order valence-electron chi connectivity index (χ0n) is 14.7. The molecular weight excluding hydrogens is 364 g/mol. The molecule has 0 saturated heterocycles. The van der Waals surface area contributed by atoms with E-state index in [9.17, 15) is 4.79 Å². The number of para-hydroxylation sites is 1. The number of nitrogens with one attached hydrogen (secondary N) is 1. The van der Waals surface area contributed by atoms with Crippen molar-refractivity contribution >= 4 is 33.5 Å². The van der Waals surface area contributed by atoms with Crippen molar-refractivity contribution in [3.63, 3.8) is 0 Å². The topological polar surface area (TPSA) is 78.3 Å². The second-order valence-electron chi connectivity index (χ2n) is 5.74. The summed E-state index contributed by atoms with van der Waals surface area (Å²) >= 11 is 1.46. The Labute approximate surface area is 159 Å². The molecule has 0 aliphatic rings. The molecule has 2 heterocycles. The van der Waals surface area contributed by atoms with Crippen molar-refractivity contribution in [2.45, 2.75) is 6.92 Å². The molecule has 136 valence electrons. The van der Waals surface area contributed by atoms with E-state index >= 15 is 0 Å². The minimum atomic E-state index is -0.592. The molecule has 0 saturated carbocycles. The summed E-state index contributed by atoms with van der Waals surface area (Å²) in [5.74, 6) is 1.71. The van der Waals surface area contributed by atoms with Gasteiger partial charge >= 0.3 is 6.09 Å². The summed E-state index contributed by atoms with van der Waals surface area (Å²) in [4.78, 5) is 16.8. The summed E-state index contributed by atoms with van der Waals surface area (Å²) in [5.41, 5.74) is 1.59. The summed E-state index contributed by atoms with van der Waals surface area (Å²) in [5, 5.41) is 7.81. The Balaban J connectivity index is 1.62. The molecule has 2 aromatic carbocycles. The zero-order valence-corrected chi connectivity index (χ0v) is 15.5. The SMILES string of the molecule is COc1ccc2nc(-n3nc(C)cc3NC(=O)Oc3ccccc3)sc2c1. The van der Waals surface area contributed by atoms with Crippen LogP contribution in [0.4, 0.5) is 10.6 Å². The lowest BCUT2D eigenvalue weighted by Gasteiger charge is -2.07. The van der Waals surface area contributed by atoms with Crippen molar-refractivity contribution in [1.29, 1.82) is 0 Å². The van der Waals surface area contributed by atoms with Gasteiger partial charge in [0.15, 0.2) is 0 Å². The Morgan fingerprint density at radius 1 is 1.11 bits per heavy atom. The number of hydrogen-bond acceptors (Lipinski definition) is 6. The lowest BCUT2D eigenvalue weighted by atomic mass is 10.3. The van der Waals surface area contributed by atoms with Gasteiger partial charge in [-0.2, -0.15) is 9.78 Å². The van der Waals surface area contributed by atoms with Crippen molar-refractivity contribution in [3.8, 4) is 16.6 Å². The molecule has 0 bridgehead atoms. The first kappa shape index (κ1) is 17.0. The molecule has 0 atom stereocenters. The fourth-order valence-electron chi connectivity index (χ4n) is 2.57. The number of amides is 1. The lowest BCUT2D eigenvalue weighted by Crippen LogP contribution is -2.19. The highest BCUT2D eigenvalue weighted by atomic mass is 32.1. The molecule has 0 radical (unpaired) electrons. The number of fused-ring (bicyclic) bond motifs is 1. The smallest absolute Gasteiger partial charge is 0.418 e. The summed E-state index contributed by atoms with van der Waals surface area (Å²) in [6.07, 6.45) is -0.592. The summed E-state index contributed by atoms with van der Waals surface area (Å²) < 4.78 is 13.1. The molecular formula is C19H16N4O3S. The molecule has 27 heavy (non-hydrogen) atoms. The van der Waals surface area contributed by atoms with Crippen molar-refractivity contribution < 1.29 is 14.3 Å². The molecule has 4 rings (SSSR count). The van der Waals surface area contributed by atoms with Gasteiger partial charge in [0.05, 0.1) is 23.0 Å². The maximum atomic E-state index is 12.2. The van der Waals surface area contributed by atoms with Gasteiger partial charge < -0.3 is 9.47 Å². The van der Waals surface area contributed by atoms with Crippen molar-refractivity contribution in [3.05, 3.63) is 60.3 Å². The average molecular weight is 380 g/mol. The van der Waals surface area contributed by atoms with Gasteiger partial charge in [-0.15, -0.1) is 0 Å². The number of thiazole rings is 1. The van der Waals surface area contributed by atoms with E-state index in [1.165, 1.54) is 11.3 Å². The number of aromatic nitrogens is 3. The third kappa shape index (κ3) is 3.61. The third-order valence-corrected chi connectivity index (χ3v) is 4.77. The standard InChI is InChI=1S/C19H16N4O3S/c1-12-10-17(21-19(24)26-13-6-4-3-5-7-13)23(22-12)18-20-15-9-8-14(25-2)11-16(15)27-18/h3-11H,1-2H3,(H,21,24). The molecule has 0 unspecified atom stereocenters. The van der Waals surface area contributed by atoms with Crippen LogP contribution in [0.25, 0.3) is 15.3 Å². The van der Waals surface area contributed by atoms with E-state index in [0.29, 0.717) is 16.7 Å². The van der Waals surface area contributed by atoms with Crippen LogP contribution in [0, 0.1) is 6.92 Å². The van der Waals surface area contributed by atoms with Gasteiger partial charge in [-0.25, -0.2) is 9.78 Å². The van der Waals surface area contributed by atoms with Gasteiger partial charge in [-0.3, -0.25) is 5.32 Å². The average Bonchev–Trinajstić information content (AvgIpc) is 3.24. The number of hydrogen-bond donors (Lipinski definition) is 1. The maximum absolute atomic E-state index is 12.2. The Hall–Kier alpha value is -3.39. The quantitative estimate of drug-likeness (QED) is 0.567. The zero-order chi connectivity index (χ0) is 18.8. The van der Waals surface area contributed by atoms with Crippen LogP contribution in [0.2, 0.25) is 0 Å². The van der Waals surface area contributed by atoms with Crippen molar-refractivity contribution in [2.75, 3.05) is 12.4 Å². The van der Waals surface area contributed by atoms with Crippen LogP contribution in [-0.4, -0.2) is 28.0 Å². The van der Waals surface area contributed by atoms with Crippen molar-refractivity contribution in [1.82, 2.24) is 14.8 Å². The van der Waals surface area contributed by atoms with Crippen LogP contribution < -0.4 is 14.8 Å². The first-order valence-corrected chi connectivity index (χ1v) is 8.99. The molecule has 0 aliphatic heterocycles. The lowest BCUT2D eigenvalue weighted by molar-refractivity contribution is 0.215. The first-order valence-electron chi connectivity index (χ1n) is 8.18. The number of carbonyl (C=O) groups is 1. The molecule has 0 aliphatic carbocycles. The van der Waals surface area contributed by atoms with Crippen LogP contribution in [0.3, 0.4) is 0 Å². The van der Waals surface area contributed by atoms with E-state index in [4.69, 9.17) is 9.47 Å². The summed E-state index contributed by atoms with van der Waals surface area (Å²) in [7, 11) is 1.63. The van der Waals surface area contributed by atoms with E-state index in [1.807, 2.05) is 31.2 Å². The van der Waals surface area contributed by atoms with Gasteiger partial charge in [-0.05, 0) is 37.3 Å². The fraction of sp³-hybridized carbons (Fsp3) is 0.105. The predicted octanol–water partition coefficient (Wildman–Crippen LogP) is 4.41. The number of benzene rings is 2. The molecule has 4 aromatic rings. The van der Waals surface area contributed by atoms with Crippen LogP contribution in [0.15, 0.2) is 54.6 Å². The second-order valence-corrected chi connectivity index (χ2v) is 6.75. The maximum Gasteiger partial charge on any atom is 0.418 e. The summed E-state index contributed by atoms with van der Waals surface area (Å²) in [6, 6.07) is 16.3. The minimum absolute atomic E-state index is 0.463. The van der Waals surface area contributed by atoms with E-state index in [-0.39, 0.29) is 0 Å². The van der Waals surface area contributed by atoms with Crippen LogP contribution >= 0.6 is 11.3 Å². The van der Waals surface area contributed by atoms with Gasteiger partial charge in [-0.1, -0.05) is 29.5 Å². The fourth-order valence-corrected chi connectivity index (χ4v) is 3.53. The Morgan fingerprint density at radius 2 is 1.93 bits per heavy atom. The Morgan fingerprint density at radius 3 is 2.70 bits per heavy atom. The number of nitrogens with zero attached hydrogens (tertiary/aromatic N) is 3. The predicted molar refractivity (Wildman–Crippen MR) is 104 cm³/mol. The van der Waals surface area contributed by atoms with Crippen LogP contribution in [0.5, 0.6) is 11.5 Å². The number of rotatable bonds is 4. The molecule has 1 amide bonds. The van der Waals surface area contributed by atoms with E-state index in [0.717, 1.165) is 21.7 Å². The Kier molecular flexibility index (Phi) is 4.47. The van der Waals surface area contributed by atoms with Crippen LogP contribution in [-0.2, 0) is 0 Å².